The largest absolute Gasteiger partial charge is 0.338 e. The van der Waals surface area contributed by atoms with Crippen molar-refractivity contribution in [1.82, 2.24) is 20.4 Å². The molecular weight excluding hydrogens is 204 g/mol. The third-order valence-corrected chi connectivity index (χ3v) is 2.37. The molecule has 0 aliphatic rings. The van der Waals surface area contributed by atoms with Gasteiger partial charge in [-0.1, -0.05) is 19.0 Å². The maximum Gasteiger partial charge on any atom is 0.240 e. The molecule has 0 aliphatic heterocycles. The second-order valence-corrected chi connectivity index (χ2v) is 4.40. The molecule has 16 heavy (non-hydrogen) atoms. The first kappa shape index (κ1) is 13.1. The Morgan fingerprint density at radius 1 is 1.44 bits per heavy atom. The molecule has 92 valence electrons. The highest BCUT2D eigenvalue weighted by Gasteiger charge is 2.10. The molecule has 0 spiro atoms. The minimum absolute atomic E-state index is 0.326. The lowest BCUT2D eigenvalue weighted by molar-refractivity contribution is 0.263. The van der Waals surface area contributed by atoms with Gasteiger partial charge in [-0.25, -0.2) is 0 Å². The number of rotatable bonds is 7. The van der Waals surface area contributed by atoms with Crippen molar-refractivity contribution in [3.63, 3.8) is 0 Å². The Kier molecular flexibility index (Phi) is 5.42. The van der Waals surface area contributed by atoms with Gasteiger partial charge in [-0.2, -0.15) is 4.98 Å². The first-order chi connectivity index (χ1) is 7.63. The third-order valence-electron chi connectivity index (χ3n) is 2.37. The molecule has 0 unspecified atom stereocenters. The van der Waals surface area contributed by atoms with Gasteiger partial charge in [-0.3, -0.25) is 4.90 Å². The quantitative estimate of drug-likeness (QED) is 0.709. The topological polar surface area (TPSA) is 54.2 Å². The molecule has 0 fully saturated rings. The SMILES string of the molecule is CNCCCN(C)Cc1nc(C(C)C)no1. The molecule has 1 N–H and O–H groups in total. The van der Waals surface area contributed by atoms with Crippen molar-refractivity contribution >= 4 is 0 Å². The maximum absolute atomic E-state index is 5.18. The van der Waals surface area contributed by atoms with Crippen LogP contribution in [0.25, 0.3) is 0 Å². The molecule has 0 amide bonds. The van der Waals surface area contributed by atoms with E-state index in [0.29, 0.717) is 11.8 Å². The van der Waals surface area contributed by atoms with Crippen LogP contribution in [0.15, 0.2) is 4.52 Å². The molecule has 0 bridgehead atoms. The van der Waals surface area contributed by atoms with E-state index in [1.54, 1.807) is 0 Å². The van der Waals surface area contributed by atoms with Crippen LogP contribution in [0, 0.1) is 0 Å². The van der Waals surface area contributed by atoms with E-state index in [0.717, 1.165) is 31.9 Å². The zero-order valence-corrected chi connectivity index (χ0v) is 10.7. The van der Waals surface area contributed by atoms with Crippen LogP contribution >= 0.6 is 0 Å². The van der Waals surface area contributed by atoms with Crippen molar-refractivity contribution in [3.8, 4) is 0 Å². The van der Waals surface area contributed by atoms with Gasteiger partial charge in [-0.15, -0.1) is 0 Å². The number of nitrogens with zero attached hydrogens (tertiary/aromatic N) is 3. The first-order valence-corrected chi connectivity index (χ1v) is 5.79. The lowest BCUT2D eigenvalue weighted by Gasteiger charge is -2.13. The van der Waals surface area contributed by atoms with E-state index in [1.165, 1.54) is 0 Å². The summed E-state index contributed by atoms with van der Waals surface area (Å²) in [6, 6.07) is 0. The second-order valence-electron chi connectivity index (χ2n) is 4.40. The zero-order valence-electron chi connectivity index (χ0n) is 10.7. The van der Waals surface area contributed by atoms with E-state index >= 15 is 0 Å². The average Bonchev–Trinajstić information content (AvgIpc) is 2.66. The van der Waals surface area contributed by atoms with Crippen molar-refractivity contribution < 1.29 is 4.52 Å². The van der Waals surface area contributed by atoms with Gasteiger partial charge in [0.25, 0.3) is 0 Å². The fourth-order valence-electron chi connectivity index (χ4n) is 1.40. The molecule has 1 aromatic heterocycles. The highest BCUT2D eigenvalue weighted by atomic mass is 16.5. The van der Waals surface area contributed by atoms with Crippen LogP contribution in [0.2, 0.25) is 0 Å². The highest BCUT2D eigenvalue weighted by Crippen LogP contribution is 2.10. The number of hydrogen-bond acceptors (Lipinski definition) is 5. The fourth-order valence-corrected chi connectivity index (χ4v) is 1.40. The number of aromatic nitrogens is 2. The second kappa shape index (κ2) is 6.60. The number of hydrogen-bond donors (Lipinski definition) is 1. The van der Waals surface area contributed by atoms with E-state index < -0.39 is 0 Å². The molecular formula is C11H22N4O. The molecule has 0 aliphatic carbocycles. The van der Waals surface area contributed by atoms with E-state index in [-0.39, 0.29) is 0 Å². The Balaban J connectivity index is 2.34. The van der Waals surface area contributed by atoms with E-state index in [4.69, 9.17) is 4.52 Å². The molecule has 0 radical (unpaired) electrons. The van der Waals surface area contributed by atoms with Crippen molar-refractivity contribution in [2.75, 3.05) is 27.2 Å². The monoisotopic (exact) mass is 226 g/mol. The fraction of sp³-hybridized carbons (Fsp3) is 0.818. The summed E-state index contributed by atoms with van der Waals surface area (Å²) in [6.07, 6.45) is 1.12. The summed E-state index contributed by atoms with van der Waals surface area (Å²) in [5.74, 6) is 1.82. The summed E-state index contributed by atoms with van der Waals surface area (Å²) in [5, 5.41) is 7.07. The number of nitrogens with one attached hydrogen (secondary N) is 1. The Bertz CT molecular complexity index is 298. The standard InChI is InChI=1S/C11H22N4O/c1-9(2)11-13-10(16-14-11)8-15(4)7-5-6-12-3/h9,12H,5-8H2,1-4H3. The van der Waals surface area contributed by atoms with Gasteiger partial charge in [0.05, 0.1) is 6.54 Å². The van der Waals surface area contributed by atoms with Gasteiger partial charge in [0, 0.05) is 5.92 Å². The van der Waals surface area contributed by atoms with E-state index in [1.807, 2.05) is 7.05 Å². The highest BCUT2D eigenvalue weighted by molar-refractivity contribution is 4.91. The smallest absolute Gasteiger partial charge is 0.240 e. The average molecular weight is 226 g/mol. The van der Waals surface area contributed by atoms with Crippen LogP contribution in [0.4, 0.5) is 0 Å². The van der Waals surface area contributed by atoms with Crippen LogP contribution in [0.5, 0.6) is 0 Å². The summed E-state index contributed by atoms with van der Waals surface area (Å²) >= 11 is 0. The zero-order chi connectivity index (χ0) is 12.0. The van der Waals surface area contributed by atoms with Gasteiger partial charge in [0.1, 0.15) is 0 Å². The molecule has 1 aromatic rings. The Labute approximate surface area is 97.2 Å². The predicted octanol–water partition coefficient (Wildman–Crippen LogP) is 1.23. The van der Waals surface area contributed by atoms with Crippen molar-refractivity contribution in [3.05, 3.63) is 11.7 Å². The van der Waals surface area contributed by atoms with Crippen LogP contribution in [-0.4, -0.2) is 42.2 Å². The normalized spacial score (nSPS) is 11.6. The van der Waals surface area contributed by atoms with Gasteiger partial charge >= 0.3 is 0 Å². The Hall–Kier alpha value is -0.940. The van der Waals surface area contributed by atoms with Crippen molar-refractivity contribution in [2.24, 2.45) is 0 Å². The van der Waals surface area contributed by atoms with Crippen LogP contribution in [0.3, 0.4) is 0 Å². The minimum atomic E-state index is 0.326. The Morgan fingerprint density at radius 2 is 2.19 bits per heavy atom. The van der Waals surface area contributed by atoms with Gasteiger partial charge in [0.15, 0.2) is 5.82 Å². The summed E-state index contributed by atoms with van der Waals surface area (Å²) in [5.41, 5.74) is 0. The van der Waals surface area contributed by atoms with Crippen LogP contribution in [0.1, 0.15) is 37.9 Å². The summed E-state index contributed by atoms with van der Waals surface area (Å²) in [6.45, 7) is 6.91. The van der Waals surface area contributed by atoms with E-state index in [2.05, 4.69) is 41.3 Å². The summed E-state index contributed by atoms with van der Waals surface area (Å²) < 4.78 is 5.18. The van der Waals surface area contributed by atoms with Gasteiger partial charge in [-0.05, 0) is 33.6 Å². The van der Waals surface area contributed by atoms with E-state index in [9.17, 15) is 0 Å². The summed E-state index contributed by atoms with van der Waals surface area (Å²) in [7, 11) is 4.03. The molecule has 0 saturated carbocycles. The van der Waals surface area contributed by atoms with Crippen LogP contribution < -0.4 is 5.32 Å². The molecule has 5 heteroatoms. The lowest BCUT2D eigenvalue weighted by Crippen LogP contribution is -2.22. The molecule has 0 saturated heterocycles. The van der Waals surface area contributed by atoms with Crippen LogP contribution in [-0.2, 0) is 6.54 Å². The first-order valence-electron chi connectivity index (χ1n) is 5.79. The Morgan fingerprint density at radius 3 is 2.75 bits per heavy atom. The van der Waals surface area contributed by atoms with Crippen molar-refractivity contribution in [1.29, 1.82) is 0 Å². The molecule has 0 aromatic carbocycles. The van der Waals surface area contributed by atoms with Gasteiger partial charge in [0.2, 0.25) is 5.89 Å². The predicted molar refractivity (Wildman–Crippen MR) is 63.3 cm³/mol. The maximum atomic E-state index is 5.18. The van der Waals surface area contributed by atoms with Crippen molar-refractivity contribution in [2.45, 2.75) is 32.7 Å². The molecule has 1 rings (SSSR count). The summed E-state index contributed by atoms with van der Waals surface area (Å²) in [4.78, 5) is 6.53. The molecule has 1 heterocycles. The molecule has 5 nitrogen and oxygen atoms in total. The van der Waals surface area contributed by atoms with Gasteiger partial charge < -0.3 is 9.84 Å². The molecule has 0 atom stereocenters. The lowest BCUT2D eigenvalue weighted by atomic mass is 10.2. The minimum Gasteiger partial charge on any atom is -0.338 e. The third kappa shape index (κ3) is 4.28.